The Morgan fingerprint density at radius 1 is 1.00 bits per heavy atom. The van der Waals surface area contributed by atoms with Crippen molar-refractivity contribution in [2.24, 2.45) is 0 Å². The van der Waals surface area contributed by atoms with Gasteiger partial charge in [0.15, 0.2) is 11.5 Å². The first-order chi connectivity index (χ1) is 15.2. The average molecular weight is 414 g/mol. The van der Waals surface area contributed by atoms with Crippen LogP contribution in [0.3, 0.4) is 0 Å². The summed E-state index contributed by atoms with van der Waals surface area (Å²) in [4.78, 5) is 18.9. The number of nitrogens with zero attached hydrogens (tertiary/aromatic N) is 1. The van der Waals surface area contributed by atoms with Crippen LogP contribution in [0, 0.1) is 5.82 Å². The molecule has 5 nitrogen and oxygen atoms in total. The van der Waals surface area contributed by atoms with Crippen LogP contribution >= 0.6 is 0 Å². The van der Waals surface area contributed by atoms with Crippen LogP contribution in [0.5, 0.6) is 11.5 Å². The first-order valence-electron chi connectivity index (χ1n) is 10.2. The largest absolute Gasteiger partial charge is 0.454 e. The molecule has 1 atom stereocenters. The quantitative estimate of drug-likeness (QED) is 0.512. The number of rotatable bonds is 2. The van der Waals surface area contributed by atoms with Crippen molar-refractivity contribution in [1.29, 1.82) is 0 Å². The van der Waals surface area contributed by atoms with E-state index in [-0.39, 0.29) is 24.6 Å². The van der Waals surface area contributed by atoms with Gasteiger partial charge < -0.3 is 19.4 Å². The molecule has 154 valence electrons. The maximum Gasteiger partial charge on any atom is 0.254 e. The second kappa shape index (κ2) is 6.87. The number of ether oxygens (including phenoxy) is 2. The minimum absolute atomic E-state index is 0.132. The Morgan fingerprint density at radius 2 is 1.81 bits per heavy atom. The van der Waals surface area contributed by atoms with E-state index in [1.807, 2.05) is 35.2 Å². The Hall–Kier alpha value is -3.80. The van der Waals surface area contributed by atoms with Crippen LogP contribution in [-0.2, 0) is 6.42 Å². The molecule has 0 aliphatic carbocycles. The van der Waals surface area contributed by atoms with Crippen molar-refractivity contribution < 1.29 is 18.7 Å². The molecule has 6 heteroatoms. The zero-order valence-electron chi connectivity index (χ0n) is 16.6. The van der Waals surface area contributed by atoms with Crippen molar-refractivity contribution >= 4 is 16.8 Å². The monoisotopic (exact) mass is 414 g/mol. The lowest BCUT2D eigenvalue weighted by Gasteiger charge is -2.36. The van der Waals surface area contributed by atoms with E-state index in [9.17, 15) is 9.18 Å². The molecule has 4 aromatic rings. The van der Waals surface area contributed by atoms with E-state index in [1.165, 1.54) is 35.2 Å². The predicted molar refractivity (Wildman–Crippen MR) is 114 cm³/mol. The van der Waals surface area contributed by atoms with E-state index >= 15 is 0 Å². The highest BCUT2D eigenvalue weighted by molar-refractivity contribution is 5.95. The van der Waals surface area contributed by atoms with Gasteiger partial charge in [-0.25, -0.2) is 4.39 Å². The van der Waals surface area contributed by atoms with E-state index in [0.29, 0.717) is 23.6 Å². The Bertz CT molecular complexity index is 1310. The fraction of sp³-hybridized carbons (Fsp3) is 0.160. The molecule has 1 amide bonds. The van der Waals surface area contributed by atoms with Crippen molar-refractivity contribution in [1.82, 2.24) is 9.88 Å². The van der Waals surface area contributed by atoms with Gasteiger partial charge in [0, 0.05) is 28.7 Å². The van der Waals surface area contributed by atoms with Gasteiger partial charge in [-0.3, -0.25) is 4.79 Å². The van der Waals surface area contributed by atoms with Gasteiger partial charge >= 0.3 is 0 Å². The molecule has 0 bridgehead atoms. The minimum atomic E-state index is -0.361. The molecule has 6 rings (SSSR count). The summed E-state index contributed by atoms with van der Waals surface area (Å²) >= 11 is 0. The standard InChI is InChI=1S/C25H19FN2O3/c26-17-8-5-15(6-9-17)25(29)28-12-11-19-18-3-1-2-4-20(18)27-23(19)24(28)16-7-10-21-22(13-16)31-14-30-21/h1-10,13,24,27H,11-12,14H2. The number of aromatic amines is 1. The van der Waals surface area contributed by atoms with Crippen molar-refractivity contribution in [3.63, 3.8) is 0 Å². The minimum Gasteiger partial charge on any atom is -0.454 e. The molecular weight excluding hydrogens is 395 g/mol. The average Bonchev–Trinajstić information content (AvgIpc) is 3.42. The maximum absolute atomic E-state index is 13.5. The fourth-order valence-corrected chi connectivity index (χ4v) is 4.65. The van der Waals surface area contributed by atoms with Gasteiger partial charge in [0.1, 0.15) is 5.82 Å². The molecule has 31 heavy (non-hydrogen) atoms. The predicted octanol–water partition coefficient (Wildman–Crippen LogP) is 4.82. The summed E-state index contributed by atoms with van der Waals surface area (Å²) in [5.41, 5.74) is 4.68. The number of nitrogens with one attached hydrogen (secondary N) is 1. The number of aromatic nitrogens is 1. The number of H-pyrrole nitrogens is 1. The van der Waals surface area contributed by atoms with Crippen LogP contribution in [-0.4, -0.2) is 29.1 Å². The summed E-state index contributed by atoms with van der Waals surface area (Å²) in [5.74, 6) is 0.884. The molecule has 2 aliphatic rings. The van der Waals surface area contributed by atoms with Crippen molar-refractivity contribution in [3.05, 3.63) is 94.9 Å². The van der Waals surface area contributed by atoms with Crippen LogP contribution < -0.4 is 9.47 Å². The number of para-hydroxylation sites is 1. The van der Waals surface area contributed by atoms with Crippen LogP contribution in [0.25, 0.3) is 10.9 Å². The first kappa shape index (κ1) is 18.0. The van der Waals surface area contributed by atoms with E-state index in [4.69, 9.17) is 9.47 Å². The third kappa shape index (κ3) is 2.86. The Labute approximate surface area is 178 Å². The summed E-state index contributed by atoms with van der Waals surface area (Å²) in [6.45, 7) is 0.753. The molecule has 0 saturated heterocycles. The Morgan fingerprint density at radius 3 is 2.68 bits per heavy atom. The number of hydrogen-bond acceptors (Lipinski definition) is 3. The zero-order chi connectivity index (χ0) is 20.9. The third-order valence-corrected chi connectivity index (χ3v) is 6.10. The Balaban J connectivity index is 1.51. The van der Waals surface area contributed by atoms with E-state index in [1.54, 1.807) is 0 Å². The molecule has 3 aromatic carbocycles. The van der Waals surface area contributed by atoms with Gasteiger partial charge in [0.05, 0.1) is 6.04 Å². The zero-order valence-corrected chi connectivity index (χ0v) is 16.6. The van der Waals surface area contributed by atoms with Gasteiger partial charge in [0.2, 0.25) is 6.79 Å². The van der Waals surface area contributed by atoms with Gasteiger partial charge in [-0.05, 0) is 60.0 Å². The Kier molecular flexibility index (Phi) is 3.99. The normalized spacial score (nSPS) is 17.1. The van der Waals surface area contributed by atoms with Crippen LogP contribution in [0.1, 0.15) is 33.2 Å². The van der Waals surface area contributed by atoms with Crippen molar-refractivity contribution in [3.8, 4) is 11.5 Å². The number of halogens is 1. The number of benzene rings is 3. The highest BCUT2D eigenvalue weighted by Crippen LogP contribution is 2.42. The lowest BCUT2D eigenvalue weighted by atomic mass is 9.91. The lowest BCUT2D eigenvalue weighted by Crippen LogP contribution is -2.40. The topological polar surface area (TPSA) is 54.6 Å². The molecule has 0 radical (unpaired) electrons. The second-order valence-electron chi connectivity index (χ2n) is 7.83. The van der Waals surface area contributed by atoms with Gasteiger partial charge in [-0.1, -0.05) is 24.3 Å². The van der Waals surface area contributed by atoms with E-state index in [0.717, 1.165) is 23.2 Å². The van der Waals surface area contributed by atoms with Crippen LogP contribution in [0.4, 0.5) is 4.39 Å². The fourth-order valence-electron chi connectivity index (χ4n) is 4.65. The van der Waals surface area contributed by atoms with Gasteiger partial charge in [-0.15, -0.1) is 0 Å². The van der Waals surface area contributed by atoms with Crippen LogP contribution in [0.15, 0.2) is 66.7 Å². The van der Waals surface area contributed by atoms with Gasteiger partial charge in [0.25, 0.3) is 5.91 Å². The molecule has 1 N–H and O–H groups in total. The summed E-state index contributed by atoms with van der Waals surface area (Å²) in [7, 11) is 0. The molecule has 0 spiro atoms. The van der Waals surface area contributed by atoms with Crippen molar-refractivity contribution in [2.75, 3.05) is 13.3 Å². The first-order valence-corrected chi connectivity index (χ1v) is 10.2. The molecule has 1 unspecified atom stereocenters. The third-order valence-electron chi connectivity index (χ3n) is 6.10. The van der Waals surface area contributed by atoms with E-state index in [2.05, 4.69) is 17.1 Å². The molecule has 1 aromatic heterocycles. The van der Waals surface area contributed by atoms with E-state index < -0.39 is 0 Å². The number of fused-ring (bicyclic) bond motifs is 4. The number of carbonyl (C=O) groups is 1. The van der Waals surface area contributed by atoms with Gasteiger partial charge in [-0.2, -0.15) is 0 Å². The molecule has 0 fully saturated rings. The second-order valence-corrected chi connectivity index (χ2v) is 7.83. The highest BCUT2D eigenvalue weighted by Gasteiger charge is 2.35. The number of amides is 1. The highest BCUT2D eigenvalue weighted by atomic mass is 19.1. The molecular formula is C25H19FN2O3. The number of hydrogen-bond donors (Lipinski definition) is 1. The SMILES string of the molecule is O=C(c1ccc(F)cc1)N1CCc2c([nH]c3ccccc23)C1c1ccc2c(c1)OCO2. The summed E-state index contributed by atoms with van der Waals surface area (Å²) in [5, 5.41) is 1.18. The smallest absolute Gasteiger partial charge is 0.254 e. The molecule has 3 heterocycles. The summed E-state index contributed by atoms with van der Waals surface area (Å²) in [6, 6.07) is 19.4. The molecule has 2 aliphatic heterocycles. The summed E-state index contributed by atoms with van der Waals surface area (Å²) in [6.07, 6.45) is 0.743. The molecule has 0 saturated carbocycles. The number of carbonyl (C=O) groups excluding carboxylic acids is 1. The lowest BCUT2D eigenvalue weighted by molar-refractivity contribution is 0.0691. The van der Waals surface area contributed by atoms with Crippen molar-refractivity contribution in [2.45, 2.75) is 12.5 Å². The maximum atomic E-state index is 13.5. The van der Waals surface area contributed by atoms with Crippen LogP contribution in [0.2, 0.25) is 0 Å². The summed E-state index contributed by atoms with van der Waals surface area (Å²) < 4.78 is 24.5.